The van der Waals surface area contributed by atoms with E-state index in [4.69, 9.17) is 32.5 Å². The van der Waals surface area contributed by atoms with Gasteiger partial charge >= 0.3 is 41.1 Å². The molecule has 0 aliphatic carbocycles. The largest absolute Gasteiger partial charge is 0.504 e. The summed E-state index contributed by atoms with van der Waals surface area (Å²) in [5.41, 5.74) is -34.2. The summed E-state index contributed by atoms with van der Waals surface area (Å²) in [5, 5.41) is 221. The maximum absolute atomic E-state index is 16.1. The van der Waals surface area contributed by atoms with Crippen LogP contribution in [0, 0.1) is 0 Å². The van der Waals surface area contributed by atoms with Crippen molar-refractivity contribution in [1.29, 1.82) is 0 Å². The van der Waals surface area contributed by atoms with Crippen LogP contribution in [-0.4, -0.2) is 161 Å². The number of cyclic esters (lactones) is 3. The van der Waals surface area contributed by atoms with Gasteiger partial charge in [-0.05, 0) is 70.2 Å². The molecule has 11 rings (SSSR count). The van der Waals surface area contributed by atoms with E-state index in [-0.39, 0.29) is 12.1 Å². The highest BCUT2D eigenvalue weighted by Crippen LogP contribution is 2.62. The van der Waals surface area contributed by atoms with E-state index in [0.29, 0.717) is 58.0 Å². The number of carbonyl (C=O) groups excluding carboxylic acids is 5. The van der Waals surface area contributed by atoms with E-state index < -0.39 is 274 Å². The van der Waals surface area contributed by atoms with E-state index in [0.717, 1.165) is 0 Å². The Bertz CT molecular complexity index is 5010. The van der Waals surface area contributed by atoms with Crippen molar-refractivity contribution in [2.75, 3.05) is 6.61 Å². The smallest absolute Gasteiger partial charge is 0.345 e. The Kier molecular flexibility index (Phi) is 13.3. The molecule has 2 aromatic heterocycles. The molecule has 34 nitrogen and oxygen atoms in total. The van der Waals surface area contributed by atoms with E-state index in [9.17, 15) is 117 Å². The second-order valence-electron chi connectivity index (χ2n) is 21.8. The Morgan fingerprint density at radius 3 is 1.25 bits per heavy atom. The van der Waals surface area contributed by atoms with E-state index in [1.807, 2.05) is 0 Å². The molecule has 2 aliphatic heterocycles. The standard InChI is InChI=1S/C59H42O34/c1-56(90-49(80)13-5-18(60)34(67)19(61)6-13)12-87-51(82)15-9-22(64)36(69)39(72)25(15)28-32-30-31-33(55(86)89-46(30)44(77)42(28)75)29(43(76)45(78)47(31)88-54(32)85)26-16(10-23(65)37(70)40(26)73)53(84)93-58(56,3)59(4,92-50(81)14-7-20(62)35(68)21(63)8-14)57(2)48(79)27-17(52(83)91-57)11-24(66)38(71)41(27)74/h5-11,48,60-79H,12H2,1-4H3/t48-,56-,57+,58-,59-/m1/s1. The average Bonchev–Trinajstić information content (AvgIpc) is 0.933. The molecule has 4 heterocycles. The number of rotatable bonds is 6. The number of benzene rings is 7. The van der Waals surface area contributed by atoms with Crippen molar-refractivity contribution in [2.45, 2.75) is 56.2 Å². The molecule has 34 heteroatoms. The fourth-order valence-electron chi connectivity index (χ4n) is 11.5. The lowest BCUT2D eigenvalue weighted by atomic mass is 9.62. The minimum Gasteiger partial charge on any atom is -0.504 e. The zero-order chi connectivity index (χ0) is 68.4. The second-order valence-corrected chi connectivity index (χ2v) is 21.8. The number of ether oxygens (including phenoxy) is 5. The Labute approximate surface area is 510 Å². The minimum atomic E-state index is -3.93. The predicted octanol–water partition coefficient (Wildman–Crippen LogP) is 4.21. The van der Waals surface area contributed by atoms with E-state index >= 15 is 19.2 Å². The molecule has 0 spiro atoms. The number of carbonyl (C=O) groups is 5. The van der Waals surface area contributed by atoms with Gasteiger partial charge in [-0.15, -0.1) is 0 Å². The number of phenolic OH excluding ortho intramolecular Hbond substituents is 19. The number of hydrogen-bond acceptors (Lipinski definition) is 34. The quantitative estimate of drug-likeness (QED) is 0.0364. The monoisotopic (exact) mass is 1290 g/mol. The van der Waals surface area contributed by atoms with Crippen LogP contribution < -0.4 is 11.3 Å². The molecule has 93 heavy (non-hydrogen) atoms. The van der Waals surface area contributed by atoms with Crippen molar-refractivity contribution >= 4 is 62.6 Å². The van der Waals surface area contributed by atoms with Gasteiger partial charge in [-0.1, -0.05) is 0 Å². The predicted molar refractivity (Wildman–Crippen MR) is 300 cm³/mol. The highest BCUT2D eigenvalue weighted by atomic mass is 16.7. The molecule has 0 unspecified atom stereocenters. The number of aliphatic hydroxyl groups is 1. The summed E-state index contributed by atoms with van der Waals surface area (Å²) in [7, 11) is 0. The zero-order valence-corrected chi connectivity index (χ0v) is 47.0. The summed E-state index contributed by atoms with van der Waals surface area (Å²) in [6, 6.07) is 2.39. The summed E-state index contributed by atoms with van der Waals surface area (Å²) >= 11 is 0. The number of aromatic hydroxyl groups is 19. The number of aliphatic hydroxyl groups excluding tert-OH is 1. The molecule has 9 aromatic rings. The molecule has 2 aliphatic rings. The van der Waals surface area contributed by atoms with Crippen molar-refractivity contribution in [3.05, 3.63) is 96.7 Å². The number of phenols is 19. The molecule has 5 atom stereocenters. The first-order chi connectivity index (χ1) is 43.3. The van der Waals surface area contributed by atoms with Gasteiger partial charge in [0.2, 0.25) is 28.7 Å². The molecule has 0 saturated heterocycles. The maximum Gasteiger partial charge on any atom is 0.345 e. The topological polar surface area (TPSA) is 597 Å². The third kappa shape index (κ3) is 8.27. The van der Waals surface area contributed by atoms with Gasteiger partial charge in [0.25, 0.3) is 0 Å². The Morgan fingerprint density at radius 1 is 0.441 bits per heavy atom. The lowest BCUT2D eigenvalue weighted by molar-refractivity contribution is -0.299. The van der Waals surface area contributed by atoms with Gasteiger partial charge < -0.3 is 135 Å². The van der Waals surface area contributed by atoms with Crippen molar-refractivity contribution in [3.63, 3.8) is 0 Å². The fourth-order valence-corrected chi connectivity index (χ4v) is 11.5. The Morgan fingerprint density at radius 2 is 0.806 bits per heavy atom. The molecular formula is C59H42O34. The van der Waals surface area contributed by atoms with Crippen LogP contribution in [0.3, 0.4) is 0 Å². The van der Waals surface area contributed by atoms with Crippen molar-refractivity contribution in [1.82, 2.24) is 0 Å². The van der Waals surface area contributed by atoms with Crippen LogP contribution in [0.2, 0.25) is 0 Å². The van der Waals surface area contributed by atoms with Crippen LogP contribution in [0.1, 0.15) is 91.2 Å². The molecule has 0 saturated carbocycles. The van der Waals surface area contributed by atoms with E-state index in [2.05, 4.69) is 0 Å². The van der Waals surface area contributed by atoms with Crippen LogP contribution in [0.25, 0.3) is 55.0 Å². The van der Waals surface area contributed by atoms with Gasteiger partial charge in [-0.25, -0.2) is 33.6 Å². The van der Waals surface area contributed by atoms with Gasteiger partial charge in [0.05, 0.1) is 38.6 Å². The van der Waals surface area contributed by atoms with Crippen LogP contribution in [0.15, 0.2) is 60.9 Å². The van der Waals surface area contributed by atoms with Gasteiger partial charge in [0.15, 0.2) is 114 Å². The molecule has 0 radical (unpaired) electrons. The molecule has 0 fully saturated rings. The van der Waals surface area contributed by atoms with Gasteiger partial charge in [0.1, 0.15) is 12.7 Å². The van der Waals surface area contributed by atoms with Gasteiger partial charge in [-0.2, -0.15) is 0 Å². The molecule has 7 aromatic carbocycles. The molecular weight excluding hydrogens is 1250 g/mol. The number of fused-ring (bicyclic) bond motifs is 5. The van der Waals surface area contributed by atoms with Crippen LogP contribution in [0.5, 0.6) is 109 Å². The maximum atomic E-state index is 16.1. The van der Waals surface area contributed by atoms with Gasteiger partial charge in [0, 0.05) is 38.6 Å². The van der Waals surface area contributed by atoms with E-state index in [1.165, 1.54) is 0 Å². The van der Waals surface area contributed by atoms with E-state index in [1.54, 1.807) is 0 Å². The highest BCUT2D eigenvalue weighted by Gasteiger charge is 2.75. The molecule has 6 bridgehead atoms. The third-order valence-corrected chi connectivity index (χ3v) is 16.8. The van der Waals surface area contributed by atoms with Crippen molar-refractivity contribution in [2.24, 2.45) is 0 Å². The van der Waals surface area contributed by atoms with Crippen LogP contribution in [0.4, 0.5) is 0 Å². The van der Waals surface area contributed by atoms with Crippen LogP contribution in [-0.2, 0) is 23.7 Å². The molecule has 0 amide bonds. The first-order valence-corrected chi connectivity index (χ1v) is 26.1. The first-order valence-electron chi connectivity index (χ1n) is 26.1. The molecule has 482 valence electrons. The molecule has 20 N–H and O–H groups in total. The summed E-state index contributed by atoms with van der Waals surface area (Å²) in [5.74, 6) is -38.8. The summed E-state index contributed by atoms with van der Waals surface area (Å²) in [6.45, 7) is 0.138. The number of esters is 5. The average molecular weight is 1290 g/mol. The summed E-state index contributed by atoms with van der Waals surface area (Å²) in [6.07, 6.45) is -2.97. The normalized spacial score (nSPS) is 19.5. The third-order valence-electron chi connectivity index (χ3n) is 16.8. The van der Waals surface area contributed by atoms with Crippen molar-refractivity contribution < 1.29 is 159 Å². The highest BCUT2D eigenvalue weighted by molar-refractivity contribution is 6.29. The Hall–Kier alpha value is -13.0. The van der Waals surface area contributed by atoms with Crippen LogP contribution >= 0.6 is 0 Å². The second kappa shape index (κ2) is 20.0. The summed E-state index contributed by atoms with van der Waals surface area (Å²) < 4.78 is 40.9. The summed E-state index contributed by atoms with van der Waals surface area (Å²) in [4.78, 5) is 105. The zero-order valence-electron chi connectivity index (χ0n) is 47.0. The van der Waals surface area contributed by atoms with Crippen molar-refractivity contribution in [3.8, 4) is 131 Å². The van der Waals surface area contributed by atoms with Gasteiger partial charge in [-0.3, -0.25) is 0 Å². The Balaban J connectivity index is 1.34. The lowest BCUT2D eigenvalue weighted by Crippen LogP contribution is -2.78. The fraction of sp³-hybridized carbons (Fsp3) is 0.169. The minimum absolute atomic E-state index is 0.162. The first kappa shape index (κ1) is 61.6. The lowest BCUT2D eigenvalue weighted by Gasteiger charge is -2.59. The SMILES string of the molecule is C[C@@]1([C@](C)(OC(=O)c2cc(O)c(O)c(O)c2)[C@@]2(C)OC(=O)c3cc(O)c(O)c(O)c3[C@H]2O)OC(=O)c2cc(O)c(O)c(O)c2-c2c(O)c(O)c3oc(=O)c4c(c(O)c(O)c5oc(=O)c2c3c54)-c2c(cc(O)c(O)c2O)C(=O)OC[C@@]1(C)OC(=O)c1cc(O)c(O)c(O)c1. The number of hydrogen-bond donors (Lipinski definition) is 20.